The highest BCUT2D eigenvalue weighted by atomic mass is 16.5. The van der Waals surface area contributed by atoms with Gasteiger partial charge in [0.15, 0.2) is 0 Å². The smallest absolute Gasteiger partial charge is 0.248 e. The summed E-state index contributed by atoms with van der Waals surface area (Å²) < 4.78 is 5.49. The standard InChI is InChI=1S/C16H16N2O2/c17-16(19)12-2-4-14(5-3-12)18-10-11-1-6-15-13(9-11)7-8-20-15/h1-6,9,18H,7-8,10H2,(H2,17,19). The van der Waals surface area contributed by atoms with Gasteiger partial charge in [-0.25, -0.2) is 0 Å². The van der Waals surface area contributed by atoms with Crippen LogP contribution in [0.15, 0.2) is 42.5 Å². The Balaban J connectivity index is 1.65. The first-order chi connectivity index (χ1) is 9.72. The van der Waals surface area contributed by atoms with Gasteiger partial charge in [-0.1, -0.05) is 12.1 Å². The first kappa shape index (κ1) is 12.5. The predicted octanol–water partition coefficient (Wildman–Crippen LogP) is 2.33. The Hall–Kier alpha value is -2.49. The second-order valence-electron chi connectivity index (χ2n) is 4.84. The summed E-state index contributed by atoms with van der Waals surface area (Å²) in [7, 11) is 0. The van der Waals surface area contributed by atoms with Crippen LogP contribution in [-0.2, 0) is 13.0 Å². The van der Waals surface area contributed by atoms with E-state index in [-0.39, 0.29) is 0 Å². The van der Waals surface area contributed by atoms with Crippen LogP contribution < -0.4 is 15.8 Å². The highest BCUT2D eigenvalue weighted by Crippen LogP contribution is 2.26. The fraction of sp³-hybridized carbons (Fsp3) is 0.188. The molecular weight excluding hydrogens is 252 g/mol. The number of nitrogens with one attached hydrogen (secondary N) is 1. The van der Waals surface area contributed by atoms with Crippen molar-refractivity contribution in [1.82, 2.24) is 0 Å². The van der Waals surface area contributed by atoms with Gasteiger partial charge in [0.05, 0.1) is 6.61 Å². The molecule has 2 aromatic carbocycles. The normalized spacial score (nSPS) is 12.6. The van der Waals surface area contributed by atoms with Gasteiger partial charge < -0.3 is 15.8 Å². The maximum atomic E-state index is 11.0. The second-order valence-corrected chi connectivity index (χ2v) is 4.84. The summed E-state index contributed by atoms with van der Waals surface area (Å²) in [6.45, 7) is 1.52. The van der Waals surface area contributed by atoms with Gasteiger partial charge in [-0.2, -0.15) is 0 Å². The van der Waals surface area contributed by atoms with Gasteiger partial charge in [0, 0.05) is 24.2 Å². The average Bonchev–Trinajstić information content (AvgIpc) is 2.93. The van der Waals surface area contributed by atoms with Crippen molar-refractivity contribution >= 4 is 11.6 Å². The Labute approximate surface area is 117 Å². The quantitative estimate of drug-likeness (QED) is 0.894. The minimum Gasteiger partial charge on any atom is -0.493 e. The molecule has 3 rings (SSSR count). The minimum absolute atomic E-state index is 0.407. The number of fused-ring (bicyclic) bond motifs is 1. The molecule has 1 aliphatic rings. The second kappa shape index (κ2) is 5.25. The van der Waals surface area contributed by atoms with Crippen molar-refractivity contribution in [2.24, 2.45) is 5.73 Å². The molecule has 0 fully saturated rings. The Kier molecular flexibility index (Phi) is 3.29. The third-order valence-electron chi connectivity index (χ3n) is 3.42. The molecule has 0 spiro atoms. The number of rotatable bonds is 4. The monoisotopic (exact) mass is 268 g/mol. The third kappa shape index (κ3) is 2.59. The number of anilines is 1. The van der Waals surface area contributed by atoms with E-state index in [1.807, 2.05) is 18.2 Å². The summed E-state index contributed by atoms with van der Waals surface area (Å²) in [5.41, 5.74) is 9.18. The van der Waals surface area contributed by atoms with E-state index in [2.05, 4.69) is 17.4 Å². The Morgan fingerprint density at radius 2 is 2.00 bits per heavy atom. The molecule has 20 heavy (non-hydrogen) atoms. The number of amides is 1. The fourth-order valence-electron chi connectivity index (χ4n) is 2.31. The van der Waals surface area contributed by atoms with Gasteiger partial charge in [0.2, 0.25) is 5.91 Å². The van der Waals surface area contributed by atoms with Crippen LogP contribution in [0.1, 0.15) is 21.5 Å². The van der Waals surface area contributed by atoms with Crippen LogP contribution in [0, 0.1) is 0 Å². The van der Waals surface area contributed by atoms with Crippen molar-refractivity contribution in [3.63, 3.8) is 0 Å². The molecule has 0 aliphatic carbocycles. The zero-order valence-electron chi connectivity index (χ0n) is 11.1. The van der Waals surface area contributed by atoms with Crippen molar-refractivity contribution in [2.75, 3.05) is 11.9 Å². The van der Waals surface area contributed by atoms with Crippen LogP contribution in [0.5, 0.6) is 5.75 Å². The molecule has 0 aromatic heterocycles. The zero-order chi connectivity index (χ0) is 13.9. The molecule has 0 saturated heterocycles. The summed E-state index contributed by atoms with van der Waals surface area (Å²) in [6, 6.07) is 13.4. The molecule has 1 amide bonds. The summed E-state index contributed by atoms with van der Waals surface area (Å²) in [5, 5.41) is 3.33. The van der Waals surface area contributed by atoms with E-state index in [1.54, 1.807) is 12.1 Å². The molecule has 4 heteroatoms. The SMILES string of the molecule is NC(=O)c1ccc(NCc2ccc3c(c2)CCO3)cc1. The highest BCUT2D eigenvalue weighted by Gasteiger charge is 2.11. The fourth-order valence-corrected chi connectivity index (χ4v) is 2.31. The van der Waals surface area contributed by atoms with Gasteiger partial charge in [0.1, 0.15) is 5.75 Å². The molecule has 1 heterocycles. The number of carbonyl (C=O) groups is 1. The lowest BCUT2D eigenvalue weighted by atomic mass is 10.1. The lowest BCUT2D eigenvalue weighted by molar-refractivity contribution is 0.100. The Morgan fingerprint density at radius 3 is 2.75 bits per heavy atom. The number of nitrogens with two attached hydrogens (primary N) is 1. The maximum absolute atomic E-state index is 11.0. The summed E-state index contributed by atoms with van der Waals surface area (Å²) in [5.74, 6) is 0.592. The zero-order valence-corrected chi connectivity index (χ0v) is 11.1. The third-order valence-corrected chi connectivity index (χ3v) is 3.42. The number of ether oxygens (including phenoxy) is 1. The lowest BCUT2D eigenvalue weighted by Crippen LogP contribution is -2.10. The van der Waals surface area contributed by atoms with Crippen LogP contribution >= 0.6 is 0 Å². The summed E-state index contributed by atoms with van der Waals surface area (Å²) in [6.07, 6.45) is 0.983. The van der Waals surface area contributed by atoms with E-state index in [1.165, 1.54) is 11.1 Å². The topological polar surface area (TPSA) is 64.4 Å². The van der Waals surface area contributed by atoms with Crippen molar-refractivity contribution in [3.8, 4) is 5.75 Å². The number of carbonyl (C=O) groups excluding carboxylic acids is 1. The van der Waals surface area contributed by atoms with Gasteiger partial charge in [0.25, 0.3) is 0 Å². The van der Waals surface area contributed by atoms with Crippen LogP contribution in [0.25, 0.3) is 0 Å². The van der Waals surface area contributed by atoms with E-state index in [0.717, 1.165) is 31.0 Å². The molecule has 0 saturated carbocycles. The van der Waals surface area contributed by atoms with Crippen molar-refractivity contribution in [1.29, 1.82) is 0 Å². The largest absolute Gasteiger partial charge is 0.493 e. The van der Waals surface area contributed by atoms with E-state index >= 15 is 0 Å². The van der Waals surface area contributed by atoms with E-state index in [0.29, 0.717) is 5.56 Å². The molecule has 0 unspecified atom stereocenters. The Morgan fingerprint density at radius 1 is 1.20 bits per heavy atom. The van der Waals surface area contributed by atoms with E-state index < -0.39 is 5.91 Å². The van der Waals surface area contributed by atoms with Crippen molar-refractivity contribution < 1.29 is 9.53 Å². The predicted molar refractivity (Wildman–Crippen MR) is 77.9 cm³/mol. The molecule has 4 nitrogen and oxygen atoms in total. The molecule has 1 aliphatic heterocycles. The number of benzene rings is 2. The van der Waals surface area contributed by atoms with Crippen LogP contribution in [0.3, 0.4) is 0 Å². The Bertz CT molecular complexity index is 635. The molecule has 0 atom stereocenters. The van der Waals surface area contributed by atoms with Crippen molar-refractivity contribution in [3.05, 3.63) is 59.2 Å². The van der Waals surface area contributed by atoms with Gasteiger partial charge in [-0.3, -0.25) is 4.79 Å². The minimum atomic E-state index is -0.407. The van der Waals surface area contributed by atoms with Crippen LogP contribution in [-0.4, -0.2) is 12.5 Å². The van der Waals surface area contributed by atoms with Crippen LogP contribution in [0.2, 0.25) is 0 Å². The van der Waals surface area contributed by atoms with E-state index in [4.69, 9.17) is 10.5 Å². The summed E-state index contributed by atoms with van der Waals surface area (Å²) >= 11 is 0. The highest BCUT2D eigenvalue weighted by molar-refractivity contribution is 5.93. The van der Waals surface area contributed by atoms with Crippen molar-refractivity contribution in [2.45, 2.75) is 13.0 Å². The van der Waals surface area contributed by atoms with Gasteiger partial charge in [-0.15, -0.1) is 0 Å². The molecule has 0 radical (unpaired) electrons. The molecule has 102 valence electrons. The van der Waals surface area contributed by atoms with Gasteiger partial charge >= 0.3 is 0 Å². The molecular formula is C16H16N2O2. The summed E-state index contributed by atoms with van der Waals surface area (Å²) in [4.78, 5) is 11.0. The maximum Gasteiger partial charge on any atom is 0.248 e. The van der Waals surface area contributed by atoms with Gasteiger partial charge in [-0.05, 0) is 41.5 Å². The van der Waals surface area contributed by atoms with Crippen LogP contribution in [0.4, 0.5) is 5.69 Å². The molecule has 0 bridgehead atoms. The lowest BCUT2D eigenvalue weighted by Gasteiger charge is -2.08. The molecule has 2 aromatic rings. The number of hydrogen-bond donors (Lipinski definition) is 2. The first-order valence-electron chi connectivity index (χ1n) is 6.61. The average molecular weight is 268 g/mol. The molecule has 3 N–H and O–H groups in total. The van der Waals surface area contributed by atoms with E-state index in [9.17, 15) is 4.79 Å². The first-order valence-corrected chi connectivity index (χ1v) is 6.61. The number of primary amides is 1. The number of hydrogen-bond acceptors (Lipinski definition) is 3.